The Labute approximate surface area is 137 Å². The Bertz CT molecular complexity index is 572. The zero-order valence-electron chi connectivity index (χ0n) is 13.8. The van der Waals surface area contributed by atoms with Crippen LogP contribution < -0.4 is 10.1 Å². The Morgan fingerprint density at radius 2 is 1.87 bits per heavy atom. The Morgan fingerprint density at radius 1 is 1.22 bits per heavy atom. The van der Waals surface area contributed by atoms with Crippen LogP contribution >= 0.6 is 0 Å². The number of likely N-dealkylation sites (tertiary alicyclic amines) is 1. The predicted octanol–water partition coefficient (Wildman–Crippen LogP) is 2.23. The summed E-state index contributed by atoms with van der Waals surface area (Å²) in [4.78, 5) is 25.7. The maximum Gasteiger partial charge on any atom is 0.244 e. The Balaban J connectivity index is 1.79. The van der Waals surface area contributed by atoms with Crippen molar-refractivity contribution >= 4 is 17.4 Å². The molecule has 1 aliphatic heterocycles. The number of nitrogens with one attached hydrogen (secondary N) is 1. The van der Waals surface area contributed by atoms with Gasteiger partial charge in [-0.2, -0.15) is 0 Å². The van der Waals surface area contributed by atoms with Gasteiger partial charge in [0.05, 0.1) is 7.11 Å². The molecule has 0 spiro atoms. The predicted molar refractivity (Wildman–Crippen MR) is 90.1 cm³/mol. The Kier molecular flexibility index (Phi) is 6.20. The number of amides is 2. The summed E-state index contributed by atoms with van der Waals surface area (Å²) in [5.74, 6) is 0.734. The molecule has 1 heterocycles. The molecule has 0 atom stereocenters. The highest BCUT2D eigenvalue weighted by Crippen LogP contribution is 2.17. The maximum absolute atomic E-state index is 11.9. The second kappa shape index (κ2) is 8.36. The van der Waals surface area contributed by atoms with Crippen LogP contribution in [0.5, 0.6) is 5.75 Å². The molecule has 0 saturated carbocycles. The molecule has 1 N–H and O–H groups in total. The van der Waals surface area contributed by atoms with Gasteiger partial charge in [0, 0.05) is 32.1 Å². The van der Waals surface area contributed by atoms with Crippen LogP contribution in [-0.2, 0) is 9.59 Å². The third-order valence-electron chi connectivity index (χ3n) is 3.99. The van der Waals surface area contributed by atoms with E-state index in [4.69, 9.17) is 4.74 Å². The molecule has 1 saturated heterocycles. The molecule has 0 unspecified atom stereocenters. The van der Waals surface area contributed by atoms with Gasteiger partial charge in [-0.3, -0.25) is 9.59 Å². The zero-order valence-corrected chi connectivity index (χ0v) is 13.8. The average molecular weight is 316 g/mol. The third-order valence-corrected chi connectivity index (χ3v) is 3.99. The number of benzene rings is 1. The van der Waals surface area contributed by atoms with E-state index in [0.29, 0.717) is 13.0 Å². The first-order chi connectivity index (χ1) is 11.1. The molecule has 1 aliphatic rings. The van der Waals surface area contributed by atoms with E-state index in [0.717, 1.165) is 42.8 Å². The molecule has 2 rings (SSSR count). The number of hydrogen-bond donors (Lipinski definition) is 1. The SMILES string of the molecule is COc1ccc(C(C)=CC(=O)NCCC(=O)N2CCCC2)cc1. The minimum absolute atomic E-state index is 0.124. The van der Waals surface area contributed by atoms with Gasteiger partial charge in [0.25, 0.3) is 0 Å². The molecule has 2 amide bonds. The number of hydrogen-bond acceptors (Lipinski definition) is 3. The third kappa shape index (κ3) is 5.13. The second-order valence-electron chi connectivity index (χ2n) is 5.68. The van der Waals surface area contributed by atoms with Crippen LogP contribution in [0.1, 0.15) is 31.7 Å². The van der Waals surface area contributed by atoms with Gasteiger partial charge in [-0.1, -0.05) is 12.1 Å². The van der Waals surface area contributed by atoms with Crippen molar-refractivity contribution in [2.24, 2.45) is 0 Å². The minimum atomic E-state index is -0.174. The lowest BCUT2D eigenvalue weighted by Gasteiger charge is -2.14. The van der Waals surface area contributed by atoms with E-state index in [1.165, 1.54) is 0 Å². The smallest absolute Gasteiger partial charge is 0.244 e. The monoisotopic (exact) mass is 316 g/mol. The second-order valence-corrected chi connectivity index (χ2v) is 5.68. The van der Waals surface area contributed by atoms with Crippen molar-refractivity contribution in [3.8, 4) is 5.75 Å². The molecular formula is C18H24N2O3. The first-order valence-electron chi connectivity index (χ1n) is 7.98. The zero-order chi connectivity index (χ0) is 16.7. The van der Waals surface area contributed by atoms with Crippen molar-refractivity contribution < 1.29 is 14.3 Å². The van der Waals surface area contributed by atoms with Crippen LogP contribution in [0.2, 0.25) is 0 Å². The van der Waals surface area contributed by atoms with Gasteiger partial charge in [-0.25, -0.2) is 0 Å². The fourth-order valence-corrected chi connectivity index (χ4v) is 2.60. The van der Waals surface area contributed by atoms with Gasteiger partial charge < -0.3 is 15.0 Å². The number of methoxy groups -OCH3 is 1. The van der Waals surface area contributed by atoms with Crippen LogP contribution in [0.25, 0.3) is 5.57 Å². The number of nitrogens with zero attached hydrogens (tertiary/aromatic N) is 1. The maximum atomic E-state index is 11.9. The molecule has 0 bridgehead atoms. The lowest BCUT2D eigenvalue weighted by molar-refractivity contribution is -0.130. The highest BCUT2D eigenvalue weighted by molar-refractivity contribution is 5.95. The highest BCUT2D eigenvalue weighted by atomic mass is 16.5. The van der Waals surface area contributed by atoms with Crippen molar-refractivity contribution in [1.29, 1.82) is 0 Å². The Morgan fingerprint density at radius 3 is 2.48 bits per heavy atom. The molecule has 1 aromatic carbocycles. The van der Waals surface area contributed by atoms with Crippen molar-refractivity contribution in [2.45, 2.75) is 26.2 Å². The standard InChI is InChI=1S/C18H24N2O3/c1-14(15-5-7-16(23-2)8-6-15)13-17(21)19-10-9-18(22)20-11-3-4-12-20/h5-8,13H,3-4,9-12H2,1-2H3,(H,19,21). The highest BCUT2D eigenvalue weighted by Gasteiger charge is 2.17. The first-order valence-corrected chi connectivity index (χ1v) is 7.98. The van der Waals surface area contributed by atoms with E-state index >= 15 is 0 Å². The summed E-state index contributed by atoms with van der Waals surface area (Å²) in [6.45, 7) is 3.96. The van der Waals surface area contributed by atoms with Crippen molar-refractivity contribution in [1.82, 2.24) is 10.2 Å². The van der Waals surface area contributed by atoms with E-state index in [2.05, 4.69) is 5.32 Å². The number of rotatable bonds is 6. The Hall–Kier alpha value is -2.30. The molecule has 5 nitrogen and oxygen atoms in total. The summed E-state index contributed by atoms with van der Waals surface area (Å²) in [7, 11) is 1.62. The molecular weight excluding hydrogens is 292 g/mol. The van der Waals surface area contributed by atoms with E-state index in [-0.39, 0.29) is 11.8 Å². The summed E-state index contributed by atoms with van der Waals surface area (Å²) in [6, 6.07) is 7.54. The van der Waals surface area contributed by atoms with Gasteiger partial charge in [0.1, 0.15) is 5.75 Å². The summed E-state index contributed by atoms with van der Waals surface area (Å²) >= 11 is 0. The fourth-order valence-electron chi connectivity index (χ4n) is 2.60. The van der Waals surface area contributed by atoms with Gasteiger partial charge in [-0.15, -0.1) is 0 Å². The van der Waals surface area contributed by atoms with Crippen molar-refractivity contribution in [2.75, 3.05) is 26.7 Å². The summed E-state index contributed by atoms with van der Waals surface area (Å²) in [5, 5.41) is 2.77. The normalized spacial score (nSPS) is 14.7. The lowest BCUT2D eigenvalue weighted by Crippen LogP contribution is -2.32. The van der Waals surface area contributed by atoms with Gasteiger partial charge in [0.15, 0.2) is 0 Å². The van der Waals surface area contributed by atoms with Crippen LogP contribution in [0.3, 0.4) is 0 Å². The summed E-state index contributed by atoms with van der Waals surface area (Å²) in [5.41, 5.74) is 1.84. The fraction of sp³-hybridized carbons (Fsp3) is 0.444. The topological polar surface area (TPSA) is 58.6 Å². The van der Waals surface area contributed by atoms with Gasteiger partial charge >= 0.3 is 0 Å². The molecule has 0 aliphatic carbocycles. The van der Waals surface area contributed by atoms with Crippen molar-refractivity contribution in [3.63, 3.8) is 0 Å². The van der Waals surface area contributed by atoms with Gasteiger partial charge in [0.2, 0.25) is 11.8 Å². The van der Waals surface area contributed by atoms with E-state index < -0.39 is 0 Å². The first kappa shape index (κ1) is 17.1. The number of allylic oxidation sites excluding steroid dienone is 1. The van der Waals surface area contributed by atoms with E-state index in [1.54, 1.807) is 13.2 Å². The molecule has 5 heteroatoms. The number of carbonyl (C=O) groups excluding carboxylic acids is 2. The molecule has 0 radical (unpaired) electrons. The molecule has 1 fully saturated rings. The van der Waals surface area contributed by atoms with Crippen LogP contribution in [0, 0.1) is 0 Å². The quantitative estimate of drug-likeness (QED) is 0.819. The lowest BCUT2D eigenvalue weighted by atomic mass is 10.1. The van der Waals surface area contributed by atoms with Crippen LogP contribution in [0.15, 0.2) is 30.3 Å². The minimum Gasteiger partial charge on any atom is -0.497 e. The largest absolute Gasteiger partial charge is 0.497 e. The average Bonchev–Trinajstić information content (AvgIpc) is 3.09. The van der Waals surface area contributed by atoms with E-state index in [1.807, 2.05) is 36.1 Å². The van der Waals surface area contributed by atoms with Crippen molar-refractivity contribution in [3.05, 3.63) is 35.9 Å². The van der Waals surface area contributed by atoms with Crippen LogP contribution in [-0.4, -0.2) is 43.5 Å². The molecule has 1 aromatic rings. The summed E-state index contributed by atoms with van der Waals surface area (Å²) in [6.07, 6.45) is 4.09. The number of carbonyl (C=O) groups is 2. The molecule has 23 heavy (non-hydrogen) atoms. The summed E-state index contributed by atoms with van der Waals surface area (Å²) < 4.78 is 5.11. The van der Waals surface area contributed by atoms with Gasteiger partial charge in [-0.05, 0) is 43.0 Å². The molecule has 0 aromatic heterocycles. The number of ether oxygens (including phenoxy) is 1. The molecule has 124 valence electrons. The van der Waals surface area contributed by atoms with E-state index in [9.17, 15) is 9.59 Å². The van der Waals surface area contributed by atoms with Crippen LogP contribution in [0.4, 0.5) is 0 Å².